The summed E-state index contributed by atoms with van der Waals surface area (Å²) in [7, 11) is 2.67. The maximum Gasteiger partial charge on any atom is 0.291 e. The van der Waals surface area contributed by atoms with Gasteiger partial charge in [-0.1, -0.05) is 17.7 Å². The molecule has 0 aliphatic rings. The third-order valence-corrected chi connectivity index (χ3v) is 3.41. The molecule has 0 saturated heterocycles. The Hall–Kier alpha value is -1.20. The third kappa shape index (κ3) is 2.18. The summed E-state index contributed by atoms with van der Waals surface area (Å²) in [5.74, 6) is 0.761. The molecular weight excluding hydrogens is 216 g/mol. The minimum atomic E-state index is 0.289. The van der Waals surface area contributed by atoms with E-state index in [0.29, 0.717) is 5.19 Å². The Balaban J connectivity index is 2.19. The molecule has 0 bridgehead atoms. The van der Waals surface area contributed by atoms with Crippen molar-refractivity contribution in [1.82, 2.24) is 4.98 Å². The van der Waals surface area contributed by atoms with Crippen molar-refractivity contribution in [3.63, 3.8) is 0 Å². The summed E-state index contributed by atoms with van der Waals surface area (Å²) in [6, 6.07) is 7.75. The Morgan fingerprint density at radius 3 is 2.50 bits per heavy atom. The van der Waals surface area contributed by atoms with Crippen molar-refractivity contribution in [2.24, 2.45) is 0 Å². The maximum atomic E-state index is 7.25. The summed E-state index contributed by atoms with van der Waals surface area (Å²) in [4.78, 5) is 4.20. The van der Waals surface area contributed by atoms with Gasteiger partial charge in [-0.25, -0.2) is 0 Å². The van der Waals surface area contributed by atoms with Crippen LogP contribution in [0.25, 0.3) is 0 Å². The normalized spacial score (nSPS) is 10.1. The lowest BCUT2D eigenvalue weighted by molar-refractivity contribution is 0.477. The molecule has 2 aromatic rings. The zero-order valence-corrected chi connectivity index (χ0v) is 9.11. The number of ether oxygens (including phenoxy) is 1. The Kier molecular flexibility index (Phi) is 2.60. The summed E-state index contributed by atoms with van der Waals surface area (Å²) < 4.78 is 5.45. The van der Waals surface area contributed by atoms with Crippen LogP contribution in [0.1, 0.15) is 5.56 Å². The largest absolute Gasteiger partial charge is 0.430 e. The lowest BCUT2D eigenvalue weighted by Crippen LogP contribution is -1.93. The van der Waals surface area contributed by atoms with Gasteiger partial charge in [0, 0.05) is 0 Å². The van der Waals surface area contributed by atoms with Gasteiger partial charge in [0.05, 0.1) is 0 Å². The molecule has 72 valence electrons. The highest BCUT2D eigenvalue weighted by molar-refractivity contribution is 7.68. The number of hydrogen-bond donors (Lipinski definition) is 1. The van der Waals surface area contributed by atoms with E-state index in [-0.39, 0.29) is 4.80 Å². The van der Waals surface area contributed by atoms with Gasteiger partial charge in [-0.3, -0.25) is 5.41 Å². The lowest BCUT2D eigenvalue weighted by Gasteiger charge is -2.00. The van der Waals surface area contributed by atoms with Gasteiger partial charge < -0.3 is 4.74 Å². The fourth-order valence-electron chi connectivity index (χ4n) is 0.942. The van der Waals surface area contributed by atoms with Crippen molar-refractivity contribution in [2.45, 2.75) is 6.92 Å². The Morgan fingerprint density at radius 2 is 1.93 bits per heavy atom. The van der Waals surface area contributed by atoms with Crippen molar-refractivity contribution in [2.75, 3.05) is 0 Å². The van der Waals surface area contributed by atoms with Crippen LogP contribution in [0.5, 0.6) is 10.9 Å². The Labute approximate surface area is 88.5 Å². The first-order valence-corrected chi connectivity index (χ1v) is 6.15. The van der Waals surface area contributed by atoms with Crippen molar-refractivity contribution >= 4 is 20.7 Å². The molecule has 0 saturated carbocycles. The molecule has 0 amide bonds. The van der Waals surface area contributed by atoms with Crippen molar-refractivity contribution in [3.8, 4) is 10.9 Å². The standard InChI is InChI=1S/C9H8N2OS2/c1-6-2-4-7(5-3-6)12-9-11-8(10)13-14-9/h2-5,10H,1H3. The first kappa shape index (κ1) is 9.36. The minimum Gasteiger partial charge on any atom is -0.430 e. The molecule has 3 nitrogen and oxygen atoms in total. The van der Waals surface area contributed by atoms with E-state index in [2.05, 4.69) is 4.98 Å². The van der Waals surface area contributed by atoms with Crippen LogP contribution in [-0.4, -0.2) is 4.98 Å². The topological polar surface area (TPSA) is 46.0 Å². The number of nitrogens with one attached hydrogen (secondary N) is 1. The van der Waals surface area contributed by atoms with Gasteiger partial charge >= 0.3 is 0 Å². The molecule has 14 heavy (non-hydrogen) atoms. The number of aryl methyl sites for hydroxylation is 1. The average Bonchev–Trinajstić information content (AvgIpc) is 2.56. The highest BCUT2D eigenvalue weighted by Gasteiger charge is 2.00. The van der Waals surface area contributed by atoms with E-state index in [4.69, 9.17) is 10.1 Å². The molecule has 2 rings (SSSR count). The molecule has 0 aliphatic heterocycles. The molecule has 1 N–H and O–H groups in total. The second-order valence-electron chi connectivity index (χ2n) is 2.76. The van der Waals surface area contributed by atoms with Gasteiger partial charge in [-0.15, -0.1) is 0 Å². The third-order valence-electron chi connectivity index (χ3n) is 1.61. The maximum absolute atomic E-state index is 7.25. The van der Waals surface area contributed by atoms with E-state index in [0.717, 1.165) is 5.75 Å². The molecule has 5 heteroatoms. The van der Waals surface area contributed by atoms with Gasteiger partial charge in [0.1, 0.15) is 5.75 Å². The first-order chi connectivity index (χ1) is 6.74. The quantitative estimate of drug-likeness (QED) is 0.797. The molecule has 0 spiro atoms. The molecule has 0 fully saturated rings. The average molecular weight is 224 g/mol. The van der Waals surface area contributed by atoms with Crippen LogP contribution in [-0.2, 0) is 0 Å². The minimum absolute atomic E-state index is 0.289. The predicted octanol–water partition coefficient (Wildman–Crippen LogP) is 2.78. The summed E-state index contributed by atoms with van der Waals surface area (Å²) in [5.41, 5.74) is 1.19. The van der Waals surface area contributed by atoms with E-state index in [1.54, 1.807) is 0 Å². The van der Waals surface area contributed by atoms with E-state index in [9.17, 15) is 0 Å². The van der Waals surface area contributed by atoms with Crippen molar-refractivity contribution in [1.29, 1.82) is 5.41 Å². The first-order valence-electron chi connectivity index (χ1n) is 4.00. The lowest BCUT2D eigenvalue weighted by atomic mass is 10.2. The van der Waals surface area contributed by atoms with Crippen LogP contribution in [0.15, 0.2) is 24.3 Å². The molecule has 0 unspecified atom stereocenters. The molecule has 1 heterocycles. The van der Waals surface area contributed by atoms with Crippen LogP contribution < -0.4 is 9.54 Å². The van der Waals surface area contributed by atoms with Crippen LogP contribution >= 0.6 is 20.7 Å². The fourth-order valence-corrected chi connectivity index (χ4v) is 2.31. The van der Waals surface area contributed by atoms with Gasteiger partial charge in [0.15, 0.2) is 0 Å². The summed E-state index contributed by atoms with van der Waals surface area (Å²) in [6.07, 6.45) is 0. The van der Waals surface area contributed by atoms with Crippen LogP contribution in [0.3, 0.4) is 0 Å². The van der Waals surface area contributed by atoms with Crippen molar-refractivity contribution in [3.05, 3.63) is 34.6 Å². The van der Waals surface area contributed by atoms with E-state index in [1.165, 1.54) is 26.2 Å². The fraction of sp³-hybridized carbons (Fsp3) is 0.111. The van der Waals surface area contributed by atoms with E-state index < -0.39 is 0 Å². The van der Waals surface area contributed by atoms with E-state index in [1.807, 2.05) is 31.2 Å². The zero-order valence-electron chi connectivity index (χ0n) is 7.48. The Morgan fingerprint density at radius 1 is 1.21 bits per heavy atom. The monoisotopic (exact) mass is 224 g/mol. The van der Waals surface area contributed by atoms with Gasteiger partial charge in [0.25, 0.3) is 5.19 Å². The van der Waals surface area contributed by atoms with Gasteiger partial charge in [-0.05, 0) is 39.7 Å². The van der Waals surface area contributed by atoms with E-state index >= 15 is 0 Å². The molecule has 1 aromatic carbocycles. The number of nitrogens with zero attached hydrogens (tertiary/aromatic N) is 1. The Bertz CT molecular complexity index is 472. The summed E-state index contributed by atoms with van der Waals surface area (Å²) >= 11 is 0. The van der Waals surface area contributed by atoms with Gasteiger partial charge in [0.2, 0.25) is 4.80 Å². The zero-order chi connectivity index (χ0) is 9.97. The number of hydrogen-bond acceptors (Lipinski definition) is 5. The predicted molar refractivity (Wildman–Crippen MR) is 57.1 cm³/mol. The highest BCUT2D eigenvalue weighted by atomic mass is 32.9. The number of aromatic nitrogens is 1. The molecule has 0 aliphatic carbocycles. The van der Waals surface area contributed by atoms with Crippen LogP contribution in [0.4, 0.5) is 0 Å². The smallest absolute Gasteiger partial charge is 0.291 e. The highest BCUT2D eigenvalue weighted by Crippen LogP contribution is 2.23. The summed E-state index contributed by atoms with van der Waals surface area (Å²) in [5, 5.41) is 7.78. The number of benzene rings is 1. The second kappa shape index (κ2) is 3.89. The SMILES string of the molecule is Cc1ccc(Oc2nc(=N)ss2)cc1. The van der Waals surface area contributed by atoms with Crippen LogP contribution in [0.2, 0.25) is 0 Å². The molecule has 1 aromatic heterocycles. The molecular formula is C9H8N2OS2. The van der Waals surface area contributed by atoms with Crippen molar-refractivity contribution < 1.29 is 4.74 Å². The second-order valence-corrected chi connectivity index (χ2v) is 4.83. The summed E-state index contributed by atoms with van der Waals surface area (Å²) in [6.45, 7) is 2.02. The van der Waals surface area contributed by atoms with Crippen LogP contribution in [0, 0.1) is 12.3 Å². The van der Waals surface area contributed by atoms with Gasteiger partial charge in [-0.2, -0.15) is 4.98 Å². The molecule has 0 radical (unpaired) electrons. The number of rotatable bonds is 2. The molecule has 0 atom stereocenters.